The Bertz CT molecular complexity index is 240. The molecule has 1 aromatic heterocycles. The molecule has 1 nitrogen and oxygen atoms in total. The first-order valence-corrected chi connectivity index (χ1v) is 5.36. The van der Waals surface area contributed by atoms with Gasteiger partial charge < -0.3 is 0 Å². The fourth-order valence-corrected chi connectivity index (χ4v) is 3.16. The van der Waals surface area contributed by atoms with Crippen LogP contribution in [0.1, 0.15) is 4.88 Å². The number of hydrogen-bond acceptors (Lipinski definition) is 4. The Hall–Kier alpha value is 0.1000. The van der Waals surface area contributed by atoms with Gasteiger partial charge in [0.1, 0.15) is 0 Å². The predicted octanol–water partition coefficient (Wildman–Crippen LogP) is 2.95. The van der Waals surface area contributed by atoms with E-state index in [-0.39, 0.29) is 0 Å². The maximum absolute atomic E-state index is 3.11. The minimum Gasteiger partial charge on any atom is -0.200 e. The van der Waals surface area contributed by atoms with E-state index in [1.54, 1.807) is 35.2 Å². The molecule has 2 heterocycles. The van der Waals surface area contributed by atoms with E-state index in [4.69, 9.17) is 0 Å². The van der Waals surface area contributed by atoms with Gasteiger partial charge in [0.2, 0.25) is 0 Å². The van der Waals surface area contributed by atoms with Crippen molar-refractivity contribution in [1.82, 2.24) is 4.13 Å². The molecule has 0 fully saturated rings. The van der Waals surface area contributed by atoms with Gasteiger partial charge in [-0.15, -0.1) is 11.3 Å². The molecule has 0 spiro atoms. The zero-order chi connectivity index (χ0) is 6.81. The SMILES string of the molecule is C1=C(c2cccs2)SNS1. The molecular formula is C6H5NS3. The third-order valence-corrected chi connectivity index (χ3v) is 3.94. The minimum absolute atomic E-state index is 1.33. The normalized spacial score (nSPS) is 17.4. The van der Waals surface area contributed by atoms with Gasteiger partial charge in [0, 0.05) is 15.2 Å². The lowest BCUT2D eigenvalue weighted by atomic mass is 10.5. The summed E-state index contributed by atoms with van der Waals surface area (Å²) in [6.45, 7) is 0. The highest BCUT2D eigenvalue weighted by Gasteiger charge is 2.07. The van der Waals surface area contributed by atoms with Crippen LogP contribution in [0.3, 0.4) is 0 Å². The summed E-state index contributed by atoms with van der Waals surface area (Å²) in [6.07, 6.45) is 0. The molecule has 0 unspecified atom stereocenters. The summed E-state index contributed by atoms with van der Waals surface area (Å²) < 4.78 is 3.11. The first-order valence-electron chi connectivity index (χ1n) is 2.78. The second kappa shape index (κ2) is 3.00. The molecule has 0 saturated heterocycles. The smallest absolute Gasteiger partial charge is 0.0484 e. The molecule has 0 aromatic carbocycles. The van der Waals surface area contributed by atoms with Gasteiger partial charge in [-0.1, -0.05) is 6.07 Å². The molecule has 0 bridgehead atoms. The molecule has 1 aromatic rings. The zero-order valence-electron chi connectivity index (χ0n) is 5.03. The van der Waals surface area contributed by atoms with Crippen molar-refractivity contribution < 1.29 is 0 Å². The summed E-state index contributed by atoms with van der Waals surface area (Å²) in [5.74, 6) is 0. The van der Waals surface area contributed by atoms with Crippen molar-refractivity contribution in [1.29, 1.82) is 0 Å². The summed E-state index contributed by atoms with van der Waals surface area (Å²) in [5.41, 5.74) is 0. The summed E-state index contributed by atoms with van der Waals surface area (Å²) in [6, 6.07) is 4.21. The van der Waals surface area contributed by atoms with Crippen LogP contribution >= 0.6 is 35.2 Å². The quantitative estimate of drug-likeness (QED) is 0.679. The molecule has 52 valence electrons. The van der Waals surface area contributed by atoms with Gasteiger partial charge in [0.25, 0.3) is 0 Å². The Balaban J connectivity index is 2.28. The average Bonchev–Trinajstić information content (AvgIpc) is 2.59. The Kier molecular flexibility index (Phi) is 2.04. The first-order chi connectivity index (χ1) is 4.97. The van der Waals surface area contributed by atoms with Crippen LogP contribution in [0.4, 0.5) is 0 Å². The summed E-state index contributed by atoms with van der Waals surface area (Å²) >= 11 is 5.10. The molecule has 0 amide bonds. The van der Waals surface area contributed by atoms with E-state index >= 15 is 0 Å². The summed E-state index contributed by atoms with van der Waals surface area (Å²) in [7, 11) is 0. The number of rotatable bonds is 1. The molecule has 0 radical (unpaired) electrons. The highest BCUT2D eigenvalue weighted by atomic mass is 32.2. The second-order valence-electron chi connectivity index (χ2n) is 1.76. The lowest BCUT2D eigenvalue weighted by Crippen LogP contribution is -1.76. The number of hydrogen-bond donors (Lipinski definition) is 1. The monoisotopic (exact) mass is 187 g/mol. The molecule has 10 heavy (non-hydrogen) atoms. The van der Waals surface area contributed by atoms with E-state index < -0.39 is 0 Å². The van der Waals surface area contributed by atoms with Crippen LogP contribution in [0.15, 0.2) is 22.9 Å². The Morgan fingerprint density at radius 3 is 3.00 bits per heavy atom. The van der Waals surface area contributed by atoms with Crippen LogP contribution in [-0.4, -0.2) is 0 Å². The molecule has 1 N–H and O–H groups in total. The van der Waals surface area contributed by atoms with E-state index in [0.717, 1.165) is 0 Å². The highest BCUT2D eigenvalue weighted by molar-refractivity contribution is 8.22. The Morgan fingerprint density at radius 2 is 2.40 bits per heavy atom. The van der Waals surface area contributed by atoms with Crippen molar-refractivity contribution in [3.63, 3.8) is 0 Å². The molecule has 1 aliphatic heterocycles. The van der Waals surface area contributed by atoms with Crippen molar-refractivity contribution in [2.45, 2.75) is 0 Å². The molecule has 1 aliphatic rings. The van der Waals surface area contributed by atoms with Gasteiger partial charge in [0.15, 0.2) is 0 Å². The molecule has 2 rings (SSSR count). The fraction of sp³-hybridized carbons (Fsp3) is 0. The van der Waals surface area contributed by atoms with E-state index in [1.165, 1.54) is 9.78 Å². The fourth-order valence-electron chi connectivity index (χ4n) is 0.698. The minimum atomic E-state index is 1.33. The second-order valence-corrected chi connectivity index (χ2v) is 4.49. The third-order valence-electron chi connectivity index (χ3n) is 1.13. The lowest BCUT2D eigenvalue weighted by Gasteiger charge is -1.91. The lowest BCUT2D eigenvalue weighted by molar-refractivity contribution is 1.80. The van der Waals surface area contributed by atoms with Crippen molar-refractivity contribution in [2.24, 2.45) is 0 Å². The summed E-state index contributed by atoms with van der Waals surface area (Å²) in [5, 5.41) is 4.23. The summed E-state index contributed by atoms with van der Waals surface area (Å²) in [4.78, 5) is 2.68. The van der Waals surface area contributed by atoms with Crippen LogP contribution < -0.4 is 4.13 Å². The van der Waals surface area contributed by atoms with Gasteiger partial charge >= 0.3 is 0 Å². The van der Waals surface area contributed by atoms with Gasteiger partial charge in [-0.3, -0.25) is 0 Å². The van der Waals surface area contributed by atoms with Crippen LogP contribution in [-0.2, 0) is 0 Å². The predicted molar refractivity (Wildman–Crippen MR) is 50.6 cm³/mol. The zero-order valence-corrected chi connectivity index (χ0v) is 7.48. The van der Waals surface area contributed by atoms with Crippen LogP contribution in [0.5, 0.6) is 0 Å². The van der Waals surface area contributed by atoms with Gasteiger partial charge in [-0.05, 0) is 35.3 Å². The topological polar surface area (TPSA) is 12.0 Å². The highest BCUT2D eigenvalue weighted by Crippen LogP contribution is 2.36. The van der Waals surface area contributed by atoms with E-state index in [0.29, 0.717) is 0 Å². The van der Waals surface area contributed by atoms with Gasteiger partial charge in [-0.25, -0.2) is 0 Å². The molecule has 4 heteroatoms. The average molecular weight is 187 g/mol. The maximum atomic E-state index is 3.11. The number of nitrogens with one attached hydrogen (secondary N) is 1. The van der Waals surface area contributed by atoms with Crippen molar-refractivity contribution in [2.75, 3.05) is 0 Å². The van der Waals surface area contributed by atoms with Crippen LogP contribution in [0.2, 0.25) is 0 Å². The molecule has 0 saturated carbocycles. The van der Waals surface area contributed by atoms with Crippen molar-refractivity contribution >= 4 is 40.1 Å². The standard InChI is InChI=1S/C6H5NS3/c1-2-5(8-3-1)6-4-9-7-10-6/h1-4,7H. The van der Waals surface area contributed by atoms with E-state index in [9.17, 15) is 0 Å². The van der Waals surface area contributed by atoms with Gasteiger partial charge in [-0.2, -0.15) is 4.13 Å². The van der Waals surface area contributed by atoms with Crippen LogP contribution in [0.25, 0.3) is 4.91 Å². The van der Waals surface area contributed by atoms with Crippen LogP contribution in [0, 0.1) is 0 Å². The molecule has 0 atom stereocenters. The first kappa shape index (κ1) is 6.79. The van der Waals surface area contributed by atoms with E-state index in [1.807, 2.05) is 0 Å². The molecule has 0 aliphatic carbocycles. The van der Waals surface area contributed by atoms with Crippen molar-refractivity contribution in [3.05, 3.63) is 27.8 Å². The maximum Gasteiger partial charge on any atom is 0.0484 e. The third kappa shape index (κ3) is 1.25. The van der Waals surface area contributed by atoms with E-state index in [2.05, 4.69) is 27.0 Å². The largest absolute Gasteiger partial charge is 0.200 e. The Morgan fingerprint density at radius 1 is 1.40 bits per heavy atom. The van der Waals surface area contributed by atoms with Crippen molar-refractivity contribution in [3.8, 4) is 0 Å². The Labute approximate surface area is 72.2 Å². The molecular weight excluding hydrogens is 182 g/mol. The number of thiophene rings is 1. The van der Waals surface area contributed by atoms with Gasteiger partial charge in [0.05, 0.1) is 0 Å².